The Morgan fingerprint density at radius 3 is 2.44 bits per heavy atom. The largest absolute Gasteiger partial charge is 0.351 e. The van der Waals surface area contributed by atoms with Gasteiger partial charge in [-0.05, 0) is 53.8 Å². The fourth-order valence-corrected chi connectivity index (χ4v) is 5.02. The van der Waals surface area contributed by atoms with Gasteiger partial charge in [0.15, 0.2) is 0 Å². The maximum atomic E-state index is 13.0. The molecule has 0 aromatic heterocycles. The molecule has 3 rings (SSSR count). The number of carbonyl (C=O) groups excluding carboxylic acids is 2. The minimum Gasteiger partial charge on any atom is -0.351 e. The van der Waals surface area contributed by atoms with Gasteiger partial charge >= 0.3 is 0 Å². The molecule has 0 saturated carbocycles. The molecule has 32 heavy (non-hydrogen) atoms. The van der Waals surface area contributed by atoms with Crippen LogP contribution in [0.3, 0.4) is 0 Å². The molecule has 0 fully saturated rings. The van der Waals surface area contributed by atoms with E-state index in [1.165, 1.54) is 18.2 Å². The Kier molecular flexibility index (Phi) is 7.30. The molecule has 1 heterocycles. The first-order chi connectivity index (χ1) is 15.1. The number of sulfonamides is 1. The number of nitrogens with zero attached hydrogens (tertiary/aromatic N) is 1. The normalized spacial score (nSPS) is 14.3. The summed E-state index contributed by atoms with van der Waals surface area (Å²) in [4.78, 5) is 26.5. The number of nitrogens with one attached hydrogen (secondary N) is 2. The Labute approximate surface area is 188 Å². The molecule has 2 N–H and O–H groups in total. The lowest BCUT2D eigenvalue weighted by Crippen LogP contribution is -2.49. The SMILES string of the molecule is CCC(=O)N1CCc2cc(S(=O)(=O)N[C@@H](C(=O)NCc3ccc(F)cc3)C(C)C)ccc21. The van der Waals surface area contributed by atoms with E-state index in [0.29, 0.717) is 24.9 Å². The monoisotopic (exact) mass is 461 g/mol. The summed E-state index contributed by atoms with van der Waals surface area (Å²) in [6.45, 7) is 5.98. The van der Waals surface area contributed by atoms with Crippen molar-refractivity contribution in [2.75, 3.05) is 11.4 Å². The van der Waals surface area contributed by atoms with E-state index in [0.717, 1.165) is 11.3 Å². The summed E-state index contributed by atoms with van der Waals surface area (Å²) < 4.78 is 41.6. The van der Waals surface area contributed by atoms with E-state index in [1.807, 2.05) is 0 Å². The summed E-state index contributed by atoms with van der Waals surface area (Å²) in [6, 6.07) is 9.39. The summed E-state index contributed by atoms with van der Waals surface area (Å²) in [7, 11) is -3.97. The van der Waals surface area contributed by atoms with Gasteiger partial charge in [-0.1, -0.05) is 32.9 Å². The Hall–Kier alpha value is -2.78. The third kappa shape index (κ3) is 5.34. The second-order valence-corrected chi connectivity index (χ2v) is 9.84. The lowest BCUT2D eigenvalue weighted by Gasteiger charge is -2.22. The maximum absolute atomic E-state index is 13.0. The van der Waals surface area contributed by atoms with Crippen molar-refractivity contribution in [3.63, 3.8) is 0 Å². The third-order valence-electron chi connectivity index (χ3n) is 5.47. The summed E-state index contributed by atoms with van der Waals surface area (Å²) in [5, 5.41) is 2.71. The number of benzene rings is 2. The van der Waals surface area contributed by atoms with E-state index in [9.17, 15) is 22.4 Å². The minimum absolute atomic E-state index is 0.00446. The smallest absolute Gasteiger partial charge is 0.241 e. The average molecular weight is 462 g/mol. The highest BCUT2D eigenvalue weighted by atomic mass is 32.2. The first-order valence-electron chi connectivity index (χ1n) is 10.6. The van der Waals surface area contributed by atoms with Gasteiger partial charge in [-0.2, -0.15) is 4.72 Å². The van der Waals surface area contributed by atoms with Gasteiger partial charge in [0.05, 0.1) is 4.90 Å². The minimum atomic E-state index is -3.97. The van der Waals surface area contributed by atoms with E-state index < -0.39 is 22.0 Å². The standard InChI is InChI=1S/C23H28FN3O4S/c1-4-21(28)27-12-11-17-13-19(9-10-20(17)27)32(30,31)26-22(15(2)3)23(29)25-14-16-5-7-18(24)8-6-16/h5-10,13,15,22,26H,4,11-12,14H2,1-3H3,(H,25,29)/t22-/m1/s1. The fourth-order valence-electron chi connectivity index (χ4n) is 3.62. The zero-order valence-corrected chi connectivity index (χ0v) is 19.2. The number of anilines is 1. The van der Waals surface area contributed by atoms with E-state index >= 15 is 0 Å². The molecule has 2 amide bonds. The number of fused-ring (bicyclic) bond motifs is 1. The molecule has 0 radical (unpaired) electrons. The van der Waals surface area contributed by atoms with Gasteiger partial charge < -0.3 is 10.2 Å². The number of rotatable bonds is 8. The number of hydrogen-bond acceptors (Lipinski definition) is 4. The van der Waals surface area contributed by atoms with Crippen LogP contribution < -0.4 is 14.9 Å². The predicted octanol–water partition coefficient (Wildman–Crippen LogP) is 2.74. The number of halogens is 1. The molecule has 2 aromatic carbocycles. The second kappa shape index (κ2) is 9.79. The summed E-state index contributed by atoms with van der Waals surface area (Å²) in [6.07, 6.45) is 0.959. The zero-order chi connectivity index (χ0) is 23.5. The van der Waals surface area contributed by atoms with Crippen molar-refractivity contribution >= 4 is 27.5 Å². The summed E-state index contributed by atoms with van der Waals surface area (Å²) in [5.74, 6) is -1.14. The number of carbonyl (C=O) groups is 2. The van der Waals surface area contributed by atoms with Gasteiger partial charge in [-0.25, -0.2) is 12.8 Å². The van der Waals surface area contributed by atoms with Crippen LogP contribution in [0.2, 0.25) is 0 Å². The van der Waals surface area contributed by atoms with Gasteiger partial charge in [0, 0.05) is 25.2 Å². The van der Waals surface area contributed by atoms with Crippen LogP contribution in [0, 0.1) is 11.7 Å². The van der Waals surface area contributed by atoms with Gasteiger partial charge in [0.25, 0.3) is 0 Å². The fraction of sp³-hybridized carbons (Fsp3) is 0.391. The quantitative estimate of drug-likeness (QED) is 0.632. The van der Waals surface area contributed by atoms with Crippen LogP contribution in [0.4, 0.5) is 10.1 Å². The van der Waals surface area contributed by atoms with Crippen molar-refractivity contribution in [3.05, 3.63) is 59.4 Å². The van der Waals surface area contributed by atoms with E-state index in [-0.39, 0.29) is 29.1 Å². The van der Waals surface area contributed by atoms with E-state index in [1.54, 1.807) is 49.9 Å². The first kappa shape index (κ1) is 23.9. The first-order valence-corrected chi connectivity index (χ1v) is 12.1. The highest BCUT2D eigenvalue weighted by Crippen LogP contribution is 2.30. The molecule has 172 valence electrons. The third-order valence-corrected chi connectivity index (χ3v) is 6.91. The highest BCUT2D eigenvalue weighted by Gasteiger charge is 2.30. The molecule has 0 unspecified atom stereocenters. The molecule has 0 saturated heterocycles. The molecule has 1 aliphatic heterocycles. The molecule has 7 nitrogen and oxygen atoms in total. The lowest BCUT2D eigenvalue weighted by molar-refractivity contribution is -0.123. The van der Waals surface area contributed by atoms with Gasteiger partial charge in [-0.3, -0.25) is 9.59 Å². The summed E-state index contributed by atoms with van der Waals surface area (Å²) >= 11 is 0. The Balaban J connectivity index is 1.73. The molecular weight excluding hydrogens is 433 g/mol. The Morgan fingerprint density at radius 1 is 1.12 bits per heavy atom. The average Bonchev–Trinajstić information content (AvgIpc) is 3.19. The lowest BCUT2D eigenvalue weighted by atomic mass is 10.0. The van der Waals surface area contributed by atoms with Crippen LogP contribution in [0.15, 0.2) is 47.4 Å². The van der Waals surface area contributed by atoms with Gasteiger partial charge in [-0.15, -0.1) is 0 Å². The second-order valence-electron chi connectivity index (χ2n) is 8.13. The van der Waals surface area contributed by atoms with Crippen LogP contribution in [-0.2, 0) is 32.6 Å². The molecule has 1 atom stereocenters. The van der Waals surface area contributed by atoms with Crippen molar-refractivity contribution in [3.8, 4) is 0 Å². The Bertz CT molecular complexity index is 1100. The van der Waals surface area contributed by atoms with E-state index in [2.05, 4.69) is 10.0 Å². The van der Waals surface area contributed by atoms with Crippen molar-refractivity contribution in [2.45, 2.75) is 51.1 Å². The van der Waals surface area contributed by atoms with Crippen LogP contribution in [0.5, 0.6) is 0 Å². The predicted molar refractivity (Wildman–Crippen MR) is 120 cm³/mol. The van der Waals surface area contributed by atoms with Crippen molar-refractivity contribution in [1.82, 2.24) is 10.0 Å². The van der Waals surface area contributed by atoms with Gasteiger partial charge in [0.2, 0.25) is 21.8 Å². The van der Waals surface area contributed by atoms with Crippen LogP contribution >= 0.6 is 0 Å². The van der Waals surface area contributed by atoms with Crippen LogP contribution in [0.25, 0.3) is 0 Å². The van der Waals surface area contributed by atoms with Crippen molar-refractivity contribution in [1.29, 1.82) is 0 Å². The Morgan fingerprint density at radius 2 is 1.81 bits per heavy atom. The number of amides is 2. The molecular formula is C23H28FN3O4S. The number of hydrogen-bond donors (Lipinski definition) is 2. The molecule has 1 aliphatic rings. The molecule has 0 spiro atoms. The van der Waals surface area contributed by atoms with Crippen LogP contribution in [-0.4, -0.2) is 32.8 Å². The summed E-state index contributed by atoms with van der Waals surface area (Å²) in [5.41, 5.74) is 2.22. The maximum Gasteiger partial charge on any atom is 0.241 e. The molecule has 2 aromatic rings. The van der Waals surface area contributed by atoms with Gasteiger partial charge in [0.1, 0.15) is 11.9 Å². The topological polar surface area (TPSA) is 95.6 Å². The zero-order valence-electron chi connectivity index (χ0n) is 18.4. The van der Waals surface area contributed by atoms with Crippen LogP contribution in [0.1, 0.15) is 38.3 Å². The molecule has 0 bridgehead atoms. The van der Waals surface area contributed by atoms with Crippen molar-refractivity contribution < 1.29 is 22.4 Å². The molecule has 0 aliphatic carbocycles. The molecule has 9 heteroatoms. The van der Waals surface area contributed by atoms with Crippen molar-refractivity contribution in [2.24, 2.45) is 5.92 Å². The highest BCUT2D eigenvalue weighted by molar-refractivity contribution is 7.89. The van der Waals surface area contributed by atoms with E-state index in [4.69, 9.17) is 0 Å².